The second-order valence-electron chi connectivity index (χ2n) is 10.3. The second-order valence-corrected chi connectivity index (χ2v) is 10.7. The summed E-state index contributed by atoms with van der Waals surface area (Å²) < 4.78 is 5.49. The molecule has 0 amide bonds. The van der Waals surface area contributed by atoms with Crippen LogP contribution in [0.5, 0.6) is 0 Å². The van der Waals surface area contributed by atoms with E-state index in [4.69, 9.17) is 31.3 Å². The van der Waals surface area contributed by atoms with Gasteiger partial charge in [0, 0.05) is 47.5 Å². The average molecular weight is 518 g/mol. The normalized spacial score (nSPS) is 20.6. The smallest absolute Gasteiger partial charge is 0.188 e. The highest BCUT2D eigenvalue weighted by molar-refractivity contribution is 6.31. The third kappa shape index (κ3) is 5.13. The molecule has 0 spiro atoms. The Morgan fingerprint density at radius 1 is 0.973 bits per heavy atom. The van der Waals surface area contributed by atoms with E-state index in [0.29, 0.717) is 30.4 Å². The van der Waals surface area contributed by atoms with Crippen LogP contribution in [0.4, 0.5) is 11.4 Å². The van der Waals surface area contributed by atoms with Gasteiger partial charge in [0.05, 0.1) is 24.0 Å². The average Bonchev–Trinajstić information content (AvgIpc) is 3.61. The molecule has 2 aromatic rings. The van der Waals surface area contributed by atoms with E-state index in [2.05, 4.69) is 9.80 Å². The van der Waals surface area contributed by atoms with E-state index in [1.807, 2.05) is 30.4 Å². The second kappa shape index (κ2) is 10.5. The summed E-state index contributed by atoms with van der Waals surface area (Å²) in [6, 6.07) is 5.70. The zero-order valence-electron chi connectivity index (χ0n) is 21.3. The standard InChI is InChI=1S/C29H32ClN5O2/c1-37-26-9-8-24-28(33-26)27(23-7-6-21(30)16-25(23)32-24)31-22-14-19(17-34-10-2-3-11-34)29(36)20(15-22)18-35-12-4-5-13-35/h6-7,14-16H,2-5,8-13,17-18H2,1H3. The Hall–Kier alpha value is -2.87. The molecule has 2 fully saturated rings. The number of rotatable bonds is 5. The van der Waals surface area contributed by atoms with Crippen molar-refractivity contribution in [3.05, 3.63) is 52.2 Å². The molecule has 1 aliphatic carbocycles. The quantitative estimate of drug-likeness (QED) is 0.509. The van der Waals surface area contributed by atoms with Gasteiger partial charge in [-0.15, -0.1) is 0 Å². The Balaban J connectivity index is 1.48. The van der Waals surface area contributed by atoms with E-state index in [9.17, 15) is 4.79 Å². The third-order valence-electron chi connectivity index (χ3n) is 7.67. The SMILES string of the molecule is COC1=Nc2c(nc3cc(Cl)ccc3c2N=C2C=C(CN3CCCC3)C(=O)C(CN3CCCC3)=C2)CC1. The van der Waals surface area contributed by atoms with Gasteiger partial charge in [0.2, 0.25) is 0 Å². The number of carbonyl (C=O) groups excluding carboxylic acids is 1. The van der Waals surface area contributed by atoms with E-state index in [-0.39, 0.29) is 5.78 Å². The lowest BCUT2D eigenvalue weighted by Gasteiger charge is -2.23. The zero-order chi connectivity index (χ0) is 25.4. The molecule has 0 atom stereocenters. The first-order valence-corrected chi connectivity index (χ1v) is 13.7. The molecule has 3 aliphatic heterocycles. The highest BCUT2D eigenvalue weighted by atomic mass is 35.5. The topological polar surface area (TPSA) is 70.4 Å². The molecule has 0 N–H and O–H groups in total. The molecule has 8 heteroatoms. The fourth-order valence-corrected chi connectivity index (χ4v) is 5.91. The lowest BCUT2D eigenvalue weighted by molar-refractivity contribution is -0.112. The predicted molar refractivity (Wildman–Crippen MR) is 149 cm³/mol. The molecular weight excluding hydrogens is 486 g/mol. The van der Waals surface area contributed by atoms with E-state index in [1.54, 1.807) is 7.11 Å². The summed E-state index contributed by atoms with van der Waals surface area (Å²) in [5.74, 6) is 0.837. The molecule has 4 aliphatic rings. The van der Waals surface area contributed by atoms with Gasteiger partial charge in [0.25, 0.3) is 0 Å². The highest BCUT2D eigenvalue weighted by Gasteiger charge is 2.27. The maximum Gasteiger partial charge on any atom is 0.188 e. The first-order chi connectivity index (χ1) is 18.1. The minimum Gasteiger partial charge on any atom is -0.484 e. The number of ketones is 1. The van der Waals surface area contributed by atoms with Crippen LogP contribution in [0.2, 0.25) is 5.02 Å². The third-order valence-corrected chi connectivity index (χ3v) is 7.90. The lowest BCUT2D eigenvalue weighted by atomic mass is 9.94. The predicted octanol–water partition coefficient (Wildman–Crippen LogP) is 5.21. The van der Waals surface area contributed by atoms with Gasteiger partial charge < -0.3 is 4.74 Å². The molecule has 0 saturated carbocycles. The molecule has 1 aromatic carbocycles. The van der Waals surface area contributed by atoms with Crippen LogP contribution in [-0.4, -0.2) is 78.6 Å². The number of Topliss-reactive ketones (excluding diaryl/α,β-unsaturated/α-hetero) is 1. The maximum atomic E-state index is 13.6. The van der Waals surface area contributed by atoms with Crippen molar-refractivity contribution >= 4 is 51.3 Å². The van der Waals surface area contributed by atoms with Crippen molar-refractivity contribution in [1.29, 1.82) is 0 Å². The summed E-state index contributed by atoms with van der Waals surface area (Å²) in [6.07, 6.45) is 10.2. The van der Waals surface area contributed by atoms with Gasteiger partial charge in [-0.25, -0.2) is 9.98 Å². The number of allylic oxidation sites excluding steroid dienone is 2. The van der Waals surface area contributed by atoms with Crippen molar-refractivity contribution in [2.45, 2.75) is 38.5 Å². The van der Waals surface area contributed by atoms with E-state index >= 15 is 0 Å². The van der Waals surface area contributed by atoms with Crippen molar-refractivity contribution in [2.24, 2.45) is 9.98 Å². The molecule has 6 rings (SSSR count). The van der Waals surface area contributed by atoms with Gasteiger partial charge >= 0.3 is 0 Å². The van der Waals surface area contributed by atoms with Gasteiger partial charge in [-0.3, -0.25) is 19.6 Å². The van der Waals surface area contributed by atoms with Crippen molar-refractivity contribution in [3.8, 4) is 0 Å². The van der Waals surface area contributed by atoms with Crippen LogP contribution < -0.4 is 0 Å². The molecule has 192 valence electrons. The Bertz CT molecular complexity index is 1320. The summed E-state index contributed by atoms with van der Waals surface area (Å²) in [6.45, 7) is 5.51. The first kappa shape index (κ1) is 24.5. The van der Waals surface area contributed by atoms with Crippen LogP contribution in [0.15, 0.2) is 51.5 Å². The molecule has 7 nitrogen and oxygen atoms in total. The Kier molecular flexibility index (Phi) is 6.93. The molecule has 0 radical (unpaired) electrons. The molecule has 37 heavy (non-hydrogen) atoms. The van der Waals surface area contributed by atoms with Crippen molar-refractivity contribution in [3.63, 3.8) is 0 Å². The Morgan fingerprint density at radius 2 is 1.62 bits per heavy atom. The number of fused-ring (bicyclic) bond motifs is 2. The van der Waals surface area contributed by atoms with Crippen LogP contribution in [-0.2, 0) is 16.0 Å². The molecular formula is C29H32ClN5O2. The molecule has 2 saturated heterocycles. The number of pyridine rings is 1. The van der Waals surface area contributed by atoms with Gasteiger partial charge in [-0.2, -0.15) is 0 Å². The fourth-order valence-electron chi connectivity index (χ4n) is 5.75. The van der Waals surface area contributed by atoms with Gasteiger partial charge in [0.15, 0.2) is 11.7 Å². The minimum atomic E-state index is 0.158. The monoisotopic (exact) mass is 517 g/mol. The number of methoxy groups -OCH3 is 1. The number of likely N-dealkylation sites (tertiary alicyclic amines) is 2. The number of hydrogen-bond acceptors (Lipinski definition) is 7. The number of aromatic nitrogens is 1. The number of aryl methyl sites for hydroxylation is 1. The Morgan fingerprint density at radius 3 is 2.24 bits per heavy atom. The van der Waals surface area contributed by atoms with Gasteiger partial charge in [-0.1, -0.05) is 11.6 Å². The van der Waals surface area contributed by atoms with Crippen molar-refractivity contribution < 1.29 is 9.53 Å². The number of aliphatic imine (C=N–C) groups is 2. The highest BCUT2D eigenvalue weighted by Crippen LogP contribution is 2.41. The van der Waals surface area contributed by atoms with Crippen LogP contribution in [0.1, 0.15) is 37.8 Å². The first-order valence-electron chi connectivity index (χ1n) is 13.3. The van der Waals surface area contributed by atoms with Crippen LogP contribution >= 0.6 is 11.6 Å². The molecule has 1 aromatic heterocycles. The van der Waals surface area contributed by atoms with E-state index in [0.717, 1.165) is 77.4 Å². The molecule has 4 heterocycles. The summed E-state index contributed by atoms with van der Waals surface area (Å²) in [7, 11) is 1.65. The maximum absolute atomic E-state index is 13.6. The fraction of sp³-hybridized carbons (Fsp3) is 0.448. The minimum absolute atomic E-state index is 0.158. The van der Waals surface area contributed by atoms with Gasteiger partial charge in [0.1, 0.15) is 11.4 Å². The largest absolute Gasteiger partial charge is 0.484 e. The number of hydrogen-bond donors (Lipinski definition) is 0. The zero-order valence-corrected chi connectivity index (χ0v) is 22.1. The van der Waals surface area contributed by atoms with Gasteiger partial charge in [-0.05, 0) is 82.2 Å². The molecule has 0 unspecified atom stereocenters. The van der Waals surface area contributed by atoms with Crippen molar-refractivity contribution in [1.82, 2.24) is 14.8 Å². The lowest BCUT2D eigenvalue weighted by Crippen LogP contribution is -2.32. The number of carbonyl (C=O) groups is 1. The number of benzene rings is 1. The van der Waals surface area contributed by atoms with Crippen molar-refractivity contribution in [2.75, 3.05) is 46.4 Å². The summed E-state index contributed by atoms with van der Waals surface area (Å²) in [5, 5.41) is 1.52. The number of nitrogens with zero attached hydrogens (tertiary/aromatic N) is 5. The Labute approximate surface area is 222 Å². The summed E-state index contributed by atoms with van der Waals surface area (Å²) in [5.41, 5.74) is 5.63. The van der Waals surface area contributed by atoms with E-state index in [1.165, 1.54) is 25.7 Å². The number of ether oxygens (including phenoxy) is 1. The molecule has 0 bridgehead atoms. The summed E-state index contributed by atoms with van der Waals surface area (Å²) in [4.78, 5) is 33.1. The number of halogens is 1. The van der Waals surface area contributed by atoms with E-state index < -0.39 is 0 Å². The summed E-state index contributed by atoms with van der Waals surface area (Å²) >= 11 is 6.32. The van der Waals surface area contributed by atoms with Crippen LogP contribution in [0.25, 0.3) is 10.9 Å². The van der Waals surface area contributed by atoms with Crippen LogP contribution in [0.3, 0.4) is 0 Å². The van der Waals surface area contributed by atoms with Crippen LogP contribution in [0, 0.1) is 0 Å².